The van der Waals surface area contributed by atoms with Crippen molar-refractivity contribution in [1.29, 1.82) is 0 Å². The third kappa shape index (κ3) is 7.66. The number of hydrogen-bond donors (Lipinski definition) is 0. The predicted octanol–water partition coefficient (Wildman–Crippen LogP) is 6.78. The summed E-state index contributed by atoms with van der Waals surface area (Å²) in [6.07, 6.45) is 10.4. The zero-order valence-corrected chi connectivity index (χ0v) is 21.2. The maximum Gasteiger partial charge on any atom is 0.129 e. The van der Waals surface area contributed by atoms with Gasteiger partial charge in [0.2, 0.25) is 0 Å². The van der Waals surface area contributed by atoms with Crippen molar-refractivity contribution in [1.82, 2.24) is 4.90 Å². The highest BCUT2D eigenvalue weighted by molar-refractivity contribution is 6.05. The summed E-state index contributed by atoms with van der Waals surface area (Å²) in [6.45, 7) is 7.94. The molecule has 1 saturated heterocycles. The minimum Gasteiger partial charge on any atom is -0.394 e. The number of rotatable bonds is 10. The van der Waals surface area contributed by atoms with Gasteiger partial charge in [-0.1, -0.05) is 61.7 Å². The summed E-state index contributed by atoms with van der Waals surface area (Å²) in [7, 11) is 0. The average molecular weight is 478 g/mol. The summed E-state index contributed by atoms with van der Waals surface area (Å²) in [5.41, 5.74) is 4.70. The molecule has 4 rings (SSSR count). The molecule has 0 bridgehead atoms. The van der Waals surface area contributed by atoms with E-state index in [1.807, 2.05) is 12.1 Å². The Hall–Kier alpha value is -2.66. The number of oxime groups is 1. The average Bonchev–Trinajstić information content (AvgIpc) is 2.90. The van der Waals surface area contributed by atoms with E-state index in [9.17, 15) is 4.39 Å². The number of piperazine rings is 1. The Labute approximate surface area is 210 Å². The van der Waals surface area contributed by atoms with Gasteiger partial charge in [0.15, 0.2) is 0 Å². The van der Waals surface area contributed by atoms with Crippen LogP contribution < -0.4 is 4.90 Å². The lowest BCUT2D eigenvalue weighted by Gasteiger charge is -2.35. The number of para-hydroxylation sites is 1. The second-order valence-corrected chi connectivity index (χ2v) is 9.78. The van der Waals surface area contributed by atoms with Gasteiger partial charge in [0.1, 0.15) is 12.4 Å². The molecule has 1 aliphatic carbocycles. The van der Waals surface area contributed by atoms with Gasteiger partial charge in [-0.15, -0.1) is 0 Å². The Morgan fingerprint density at radius 2 is 1.77 bits per heavy atom. The summed E-state index contributed by atoms with van der Waals surface area (Å²) in [5.74, 6) is 0.256. The molecule has 35 heavy (non-hydrogen) atoms. The van der Waals surface area contributed by atoms with Crippen molar-refractivity contribution >= 4 is 17.5 Å². The first kappa shape index (κ1) is 25.4. The van der Waals surface area contributed by atoms with Crippen LogP contribution in [-0.4, -0.2) is 49.9 Å². The number of anilines is 1. The van der Waals surface area contributed by atoms with Gasteiger partial charge in [-0.3, -0.25) is 4.90 Å². The van der Waals surface area contributed by atoms with Gasteiger partial charge < -0.3 is 9.74 Å². The van der Waals surface area contributed by atoms with Crippen molar-refractivity contribution in [2.24, 2.45) is 11.1 Å². The van der Waals surface area contributed by atoms with Crippen LogP contribution in [0.25, 0.3) is 6.08 Å². The second kappa shape index (κ2) is 13.4. The lowest BCUT2D eigenvalue weighted by atomic mass is 9.80. The van der Waals surface area contributed by atoms with E-state index in [1.165, 1.54) is 55.5 Å². The topological polar surface area (TPSA) is 28.1 Å². The largest absolute Gasteiger partial charge is 0.394 e. The molecule has 2 fully saturated rings. The van der Waals surface area contributed by atoms with E-state index in [1.54, 1.807) is 0 Å². The second-order valence-electron chi connectivity index (χ2n) is 9.78. The Morgan fingerprint density at radius 3 is 2.51 bits per heavy atom. The quantitative estimate of drug-likeness (QED) is 0.279. The SMILES string of the molecule is CCCCCC1CCCC(=C\c2ccc(F)cc2)/C1=N/OCCN1CCN(c2ccccc2)CC1. The molecule has 2 aliphatic rings. The highest BCUT2D eigenvalue weighted by Gasteiger charge is 2.25. The van der Waals surface area contributed by atoms with Crippen LogP contribution in [0.1, 0.15) is 57.4 Å². The van der Waals surface area contributed by atoms with Crippen LogP contribution in [0.3, 0.4) is 0 Å². The molecule has 0 spiro atoms. The first-order valence-corrected chi connectivity index (χ1v) is 13.4. The fraction of sp³-hybridized carbons (Fsp3) is 0.500. The lowest BCUT2D eigenvalue weighted by molar-refractivity contribution is 0.106. The van der Waals surface area contributed by atoms with E-state index in [0.29, 0.717) is 12.5 Å². The number of halogens is 1. The first-order valence-electron chi connectivity index (χ1n) is 13.4. The summed E-state index contributed by atoms with van der Waals surface area (Å²) >= 11 is 0. The molecule has 0 amide bonds. The van der Waals surface area contributed by atoms with E-state index in [0.717, 1.165) is 56.8 Å². The highest BCUT2D eigenvalue weighted by atomic mass is 19.1. The summed E-state index contributed by atoms with van der Waals surface area (Å²) in [5, 5.41) is 4.72. The third-order valence-corrected chi connectivity index (χ3v) is 7.24. The van der Waals surface area contributed by atoms with E-state index in [-0.39, 0.29) is 5.82 Å². The maximum absolute atomic E-state index is 13.4. The molecule has 1 atom stereocenters. The molecule has 4 nitrogen and oxygen atoms in total. The van der Waals surface area contributed by atoms with Gasteiger partial charge in [0.05, 0.1) is 5.71 Å². The van der Waals surface area contributed by atoms with Gasteiger partial charge in [-0.2, -0.15) is 0 Å². The van der Waals surface area contributed by atoms with Crippen LogP contribution in [0.2, 0.25) is 0 Å². The molecule has 0 radical (unpaired) electrons. The summed E-state index contributed by atoms with van der Waals surface area (Å²) in [4.78, 5) is 10.9. The van der Waals surface area contributed by atoms with Crippen molar-refractivity contribution in [3.05, 3.63) is 71.6 Å². The smallest absolute Gasteiger partial charge is 0.129 e. The van der Waals surface area contributed by atoms with Crippen molar-refractivity contribution in [2.45, 2.75) is 51.9 Å². The van der Waals surface area contributed by atoms with E-state index in [2.05, 4.69) is 53.1 Å². The number of hydrogen-bond acceptors (Lipinski definition) is 4. The molecule has 0 aromatic heterocycles. The van der Waals surface area contributed by atoms with Gasteiger partial charge >= 0.3 is 0 Å². The Bertz CT molecular complexity index is 949. The molecule has 1 unspecified atom stereocenters. The van der Waals surface area contributed by atoms with Gasteiger partial charge in [0, 0.05) is 44.3 Å². The standard InChI is InChI=1S/C30H40FN3O/c1-2-3-5-9-26-10-8-11-27(24-25-14-16-28(31)17-15-25)30(26)32-35-23-22-33-18-20-34(21-19-33)29-12-6-4-7-13-29/h4,6-7,12-17,24,26H,2-3,5,8-11,18-23H2,1H3/b27-24+,32-30+. The van der Waals surface area contributed by atoms with Gasteiger partial charge in [0.25, 0.3) is 0 Å². The van der Waals surface area contributed by atoms with Gasteiger partial charge in [-0.25, -0.2) is 4.39 Å². The molecule has 188 valence electrons. The van der Waals surface area contributed by atoms with E-state index < -0.39 is 0 Å². The van der Waals surface area contributed by atoms with E-state index in [4.69, 9.17) is 9.99 Å². The highest BCUT2D eigenvalue weighted by Crippen LogP contribution is 2.31. The number of benzene rings is 2. The fourth-order valence-corrected chi connectivity index (χ4v) is 5.18. The zero-order valence-electron chi connectivity index (χ0n) is 21.2. The summed E-state index contributed by atoms with van der Waals surface area (Å²) < 4.78 is 13.4. The Morgan fingerprint density at radius 1 is 1.00 bits per heavy atom. The van der Waals surface area contributed by atoms with E-state index >= 15 is 0 Å². The van der Waals surface area contributed by atoms with Crippen molar-refractivity contribution in [3.8, 4) is 0 Å². The van der Waals surface area contributed by atoms with Crippen LogP contribution in [0.5, 0.6) is 0 Å². The van der Waals surface area contributed by atoms with Crippen LogP contribution in [0, 0.1) is 11.7 Å². The van der Waals surface area contributed by atoms with Crippen LogP contribution >= 0.6 is 0 Å². The maximum atomic E-state index is 13.4. The number of nitrogens with zero attached hydrogens (tertiary/aromatic N) is 3. The lowest BCUT2D eigenvalue weighted by Crippen LogP contribution is -2.47. The van der Waals surface area contributed by atoms with Crippen molar-refractivity contribution in [3.63, 3.8) is 0 Å². The monoisotopic (exact) mass is 477 g/mol. The summed E-state index contributed by atoms with van der Waals surface area (Å²) in [6, 6.07) is 17.4. The molecule has 2 aromatic rings. The predicted molar refractivity (Wildman–Crippen MR) is 144 cm³/mol. The normalized spacial score (nSPS) is 21.5. The molecular formula is C30H40FN3O. The number of unbranched alkanes of at least 4 members (excludes halogenated alkanes) is 2. The Balaban J connectivity index is 1.34. The molecule has 1 heterocycles. The fourth-order valence-electron chi connectivity index (χ4n) is 5.18. The molecule has 2 aromatic carbocycles. The minimum atomic E-state index is -0.199. The first-order chi connectivity index (χ1) is 17.2. The van der Waals surface area contributed by atoms with Gasteiger partial charge in [-0.05, 0) is 67.2 Å². The molecule has 0 N–H and O–H groups in total. The Kier molecular flexibility index (Phi) is 9.76. The molecule has 5 heteroatoms. The van der Waals surface area contributed by atoms with Crippen molar-refractivity contribution < 1.29 is 9.23 Å². The minimum absolute atomic E-state index is 0.199. The van der Waals surface area contributed by atoms with Crippen LogP contribution in [0.4, 0.5) is 10.1 Å². The zero-order chi connectivity index (χ0) is 24.3. The number of allylic oxidation sites excluding steroid dienone is 1. The van der Waals surface area contributed by atoms with Crippen molar-refractivity contribution in [2.75, 3.05) is 44.2 Å². The molecule has 1 aliphatic heterocycles. The third-order valence-electron chi connectivity index (χ3n) is 7.24. The van der Waals surface area contributed by atoms with Crippen LogP contribution in [-0.2, 0) is 4.84 Å². The molecular weight excluding hydrogens is 437 g/mol. The molecule has 1 saturated carbocycles. The van der Waals surface area contributed by atoms with Crippen LogP contribution in [0.15, 0.2) is 65.3 Å².